The molecule has 3 aromatic rings. The number of primary amides is 1. The number of carbonyl (C=O) groups is 3. The minimum atomic E-state index is -0.930. The highest BCUT2D eigenvalue weighted by Crippen LogP contribution is 2.49. The summed E-state index contributed by atoms with van der Waals surface area (Å²) in [6, 6.07) is 15.1. The predicted octanol–water partition coefficient (Wildman–Crippen LogP) is 2.64. The number of nitrogens with zero attached hydrogens (tertiary/aromatic N) is 2. The smallest absolute Gasteiger partial charge is 0.280 e. The summed E-state index contributed by atoms with van der Waals surface area (Å²) >= 11 is 1.34. The van der Waals surface area contributed by atoms with E-state index in [9.17, 15) is 14.4 Å². The Hall–Kier alpha value is -3.46. The molecule has 3 amide bonds. The molecule has 0 aliphatic carbocycles. The fourth-order valence-electron chi connectivity index (χ4n) is 4.86. The van der Waals surface area contributed by atoms with Crippen LogP contribution in [0.1, 0.15) is 41.0 Å². The third-order valence-corrected chi connectivity index (χ3v) is 7.43. The maximum Gasteiger partial charge on any atom is 0.280 e. The lowest BCUT2D eigenvalue weighted by Crippen LogP contribution is -2.64. The maximum atomic E-state index is 13.3. The van der Waals surface area contributed by atoms with E-state index in [1.165, 1.54) is 11.3 Å². The van der Waals surface area contributed by atoms with Gasteiger partial charge in [-0.25, -0.2) is 4.98 Å². The van der Waals surface area contributed by atoms with Crippen LogP contribution in [0.15, 0.2) is 48.5 Å². The molecule has 5 rings (SSSR count). The van der Waals surface area contributed by atoms with Crippen molar-refractivity contribution in [1.29, 1.82) is 0 Å². The van der Waals surface area contributed by atoms with E-state index in [4.69, 9.17) is 10.5 Å². The molecule has 1 fully saturated rings. The molecule has 33 heavy (non-hydrogen) atoms. The summed E-state index contributed by atoms with van der Waals surface area (Å²) in [4.78, 5) is 44.0. The quantitative estimate of drug-likeness (QED) is 0.430. The lowest BCUT2D eigenvalue weighted by atomic mass is 9.73. The van der Waals surface area contributed by atoms with Crippen LogP contribution in [0.25, 0.3) is 10.2 Å². The zero-order valence-electron chi connectivity index (χ0n) is 18.1. The molecule has 1 aromatic heterocycles. The van der Waals surface area contributed by atoms with Gasteiger partial charge < -0.3 is 20.7 Å². The van der Waals surface area contributed by atoms with E-state index in [0.29, 0.717) is 36.7 Å². The van der Waals surface area contributed by atoms with E-state index >= 15 is 0 Å². The summed E-state index contributed by atoms with van der Waals surface area (Å²) in [6.45, 7) is 2.55. The Morgan fingerprint density at radius 3 is 2.79 bits per heavy atom. The predicted molar refractivity (Wildman–Crippen MR) is 124 cm³/mol. The van der Waals surface area contributed by atoms with Crippen molar-refractivity contribution >= 4 is 39.3 Å². The Morgan fingerprint density at radius 2 is 2.00 bits per heavy atom. The minimum absolute atomic E-state index is 0.245. The normalized spacial score (nSPS) is 23.7. The number of thiazole rings is 1. The summed E-state index contributed by atoms with van der Waals surface area (Å²) in [5, 5.41) is 3.27. The number of hydrogen-bond donors (Lipinski definition) is 2. The average molecular weight is 465 g/mol. The summed E-state index contributed by atoms with van der Waals surface area (Å²) in [7, 11) is 0. The second-order valence-corrected chi connectivity index (χ2v) is 9.62. The van der Waals surface area contributed by atoms with E-state index in [2.05, 4.69) is 10.3 Å². The van der Waals surface area contributed by atoms with Gasteiger partial charge in [-0.05, 0) is 37.1 Å². The second kappa shape index (κ2) is 8.15. The standard InChI is InChI=1S/C24H24N4O4S/c1-24-13-15(14-7-2-4-9-17(14)32-24)19(20(25)29)23(31)28(24)12-6-11-26-21(30)22-27-16-8-3-5-10-18(16)33-22/h2-5,7-10,15,19H,6,11-13H2,1H3,(H2,25,29)(H,26,30)/t15-,19+,24-/m0/s1. The van der Waals surface area contributed by atoms with E-state index in [-0.39, 0.29) is 17.7 Å². The molecule has 3 N–H and O–H groups in total. The number of aromatic nitrogens is 1. The maximum absolute atomic E-state index is 13.3. The van der Waals surface area contributed by atoms with Gasteiger partial charge in [-0.2, -0.15) is 0 Å². The third-order valence-electron chi connectivity index (χ3n) is 6.39. The van der Waals surface area contributed by atoms with Crippen molar-refractivity contribution in [2.75, 3.05) is 13.1 Å². The molecular formula is C24H24N4O4S. The first-order valence-corrected chi connectivity index (χ1v) is 11.7. The Morgan fingerprint density at radius 1 is 1.24 bits per heavy atom. The average Bonchev–Trinajstić information content (AvgIpc) is 3.22. The van der Waals surface area contributed by atoms with Crippen molar-refractivity contribution in [3.63, 3.8) is 0 Å². The molecule has 9 heteroatoms. The van der Waals surface area contributed by atoms with Gasteiger partial charge in [0.15, 0.2) is 10.7 Å². The lowest BCUT2D eigenvalue weighted by molar-refractivity contribution is -0.175. The van der Waals surface area contributed by atoms with Crippen molar-refractivity contribution in [3.8, 4) is 5.75 Å². The fraction of sp³-hybridized carbons (Fsp3) is 0.333. The van der Waals surface area contributed by atoms with Crippen molar-refractivity contribution in [1.82, 2.24) is 15.2 Å². The van der Waals surface area contributed by atoms with Gasteiger partial charge >= 0.3 is 0 Å². The number of ether oxygens (including phenoxy) is 1. The van der Waals surface area contributed by atoms with Gasteiger partial charge in [-0.15, -0.1) is 11.3 Å². The number of fused-ring (bicyclic) bond motifs is 5. The number of amides is 3. The summed E-state index contributed by atoms with van der Waals surface area (Å²) in [6.07, 6.45) is 0.987. The number of piperidine rings is 1. The Kier molecular flexibility index (Phi) is 5.28. The number of hydrogen-bond acceptors (Lipinski definition) is 6. The highest BCUT2D eigenvalue weighted by atomic mass is 32.1. The monoisotopic (exact) mass is 464 g/mol. The Balaban J connectivity index is 1.27. The minimum Gasteiger partial charge on any atom is -0.468 e. The number of nitrogens with one attached hydrogen (secondary N) is 1. The van der Waals surface area contributed by atoms with E-state index in [1.807, 2.05) is 55.5 Å². The number of carbonyl (C=O) groups excluding carboxylic acids is 3. The van der Waals surface area contributed by atoms with Crippen LogP contribution in [0.3, 0.4) is 0 Å². The highest BCUT2D eigenvalue weighted by Gasteiger charge is 2.55. The number of nitrogens with two attached hydrogens (primary N) is 1. The second-order valence-electron chi connectivity index (χ2n) is 8.59. The Bertz CT molecular complexity index is 1220. The van der Waals surface area contributed by atoms with Gasteiger partial charge in [-0.3, -0.25) is 14.4 Å². The molecule has 0 radical (unpaired) electrons. The molecule has 0 unspecified atom stereocenters. The van der Waals surface area contributed by atoms with Gasteiger partial charge in [-0.1, -0.05) is 30.3 Å². The van der Waals surface area contributed by atoms with Crippen LogP contribution in [0, 0.1) is 5.92 Å². The number of rotatable bonds is 6. The van der Waals surface area contributed by atoms with Gasteiger partial charge in [0.25, 0.3) is 5.91 Å². The highest BCUT2D eigenvalue weighted by molar-refractivity contribution is 7.20. The molecule has 8 nitrogen and oxygen atoms in total. The van der Waals surface area contributed by atoms with Crippen LogP contribution in [0.4, 0.5) is 0 Å². The van der Waals surface area contributed by atoms with E-state index in [0.717, 1.165) is 15.8 Å². The van der Waals surface area contributed by atoms with Crippen LogP contribution in [0.2, 0.25) is 0 Å². The van der Waals surface area contributed by atoms with Gasteiger partial charge in [0.05, 0.1) is 10.2 Å². The lowest BCUT2D eigenvalue weighted by Gasteiger charge is -2.52. The van der Waals surface area contributed by atoms with E-state index < -0.39 is 17.6 Å². The molecular weight excluding hydrogens is 440 g/mol. The zero-order valence-corrected chi connectivity index (χ0v) is 18.9. The largest absolute Gasteiger partial charge is 0.468 e. The first kappa shape index (κ1) is 21.4. The van der Waals surface area contributed by atoms with Crippen LogP contribution in [0.5, 0.6) is 5.75 Å². The number of benzene rings is 2. The molecule has 2 aliphatic heterocycles. The molecule has 2 aliphatic rings. The van der Waals surface area contributed by atoms with Crippen molar-refractivity contribution in [2.24, 2.45) is 11.7 Å². The molecule has 2 bridgehead atoms. The van der Waals surface area contributed by atoms with Crippen LogP contribution in [-0.4, -0.2) is 46.4 Å². The van der Waals surface area contributed by atoms with Gasteiger partial charge in [0.2, 0.25) is 11.8 Å². The number of para-hydroxylation sites is 2. The molecule has 0 saturated carbocycles. The fourth-order valence-corrected chi connectivity index (χ4v) is 5.74. The SMILES string of the molecule is C[C@@]12C[C@@H](c3ccccc3O1)[C@H](C(N)=O)C(=O)N2CCCNC(=O)c1nc2ccccc2s1. The Labute approximate surface area is 194 Å². The molecule has 3 heterocycles. The molecule has 1 saturated heterocycles. The van der Waals surface area contributed by atoms with Crippen molar-refractivity contribution in [3.05, 3.63) is 59.1 Å². The van der Waals surface area contributed by atoms with Crippen molar-refractivity contribution < 1.29 is 19.1 Å². The molecule has 3 atom stereocenters. The first-order chi connectivity index (χ1) is 15.9. The topological polar surface area (TPSA) is 115 Å². The third kappa shape index (κ3) is 3.72. The first-order valence-electron chi connectivity index (χ1n) is 10.9. The molecule has 2 aromatic carbocycles. The molecule has 0 spiro atoms. The number of likely N-dealkylation sites (tertiary alicyclic amines) is 1. The van der Waals surface area contributed by atoms with E-state index in [1.54, 1.807) is 4.90 Å². The van der Waals surface area contributed by atoms with Crippen molar-refractivity contribution in [2.45, 2.75) is 31.4 Å². The van der Waals surface area contributed by atoms with Crippen LogP contribution in [-0.2, 0) is 9.59 Å². The van der Waals surface area contributed by atoms with Gasteiger partial charge in [0, 0.05) is 25.4 Å². The summed E-state index contributed by atoms with van der Waals surface area (Å²) in [5.74, 6) is -1.76. The van der Waals surface area contributed by atoms with Crippen LogP contribution < -0.4 is 15.8 Å². The summed E-state index contributed by atoms with van der Waals surface area (Å²) in [5.41, 5.74) is 6.42. The zero-order chi connectivity index (χ0) is 23.2. The van der Waals surface area contributed by atoms with Gasteiger partial charge in [0.1, 0.15) is 11.7 Å². The summed E-state index contributed by atoms with van der Waals surface area (Å²) < 4.78 is 7.19. The molecule has 170 valence electrons. The van der Waals surface area contributed by atoms with Crippen LogP contribution >= 0.6 is 11.3 Å².